The Morgan fingerprint density at radius 2 is 1.92 bits per heavy atom. The van der Waals surface area contributed by atoms with Crippen LogP contribution in [0.4, 0.5) is 4.79 Å². The van der Waals surface area contributed by atoms with Crippen molar-refractivity contribution in [3.05, 3.63) is 41.1 Å². The molecular formula is C18H24N2O5. The Balaban J connectivity index is 2.43. The number of hydrogen-bond acceptors (Lipinski definition) is 5. The first-order chi connectivity index (χ1) is 12.0. The number of ether oxygens (including phenoxy) is 2. The highest BCUT2D eigenvalue weighted by molar-refractivity contribution is 5.95. The number of benzene rings is 1. The average molecular weight is 348 g/mol. The third-order valence-electron chi connectivity index (χ3n) is 3.94. The predicted molar refractivity (Wildman–Crippen MR) is 92.0 cm³/mol. The number of rotatable bonds is 7. The minimum atomic E-state index is -0.614. The van der Waals surface area contributed by atoms with E-state index in [1.807, 2.05) is 19.1 Å². The van der Waals surface area contributed by atoms with Crippen LogP contribution in [0, 0.1) is 0 Å². The van der Waals surface area contributed by atoms with Gasteiger partial charge in [-0.25, -0.2) is 9.59 Å². The number of aliphatic hydroxyl groups is 1. The molecule has 0 saturated heterocycles. The van der Waals surface area contributed by atoms with E-state index in [-0.39, 0.29) is 25.8 Å². The second-order valence-electron chi connectivity index (χ2n) is 5.48. The standard InChI is InChI=1S/C18H24N2O5/c1-4-24-14-8-6-13(7-9-14)16-15(17(22)25-5-2)12(3)20(10-11-21)18(23)19-16/h6-9,16,21H,4-5,10-11H2,1-3H3,(H,19,23)/t16-/m0/s1. The number of hydrogen-bond donors (Lipinski definition) is 2. The molecule has 25 heavy (non-hydrogen) atoms. The summed E-state index contributed by atoms with van der Waals surface area (Å²) < 4.78 is 10.6. The van der Waals surface area contributed by atoms with Crippen LogP contribution in [0.5, 0.6) is 5.75 Å². The van der Waals surface area contributed by atoms with E-state index in [4.69, 9.17) is 9.47 Å². The second-order valence-corrected chi connectivity index (χ2v) is 5.48. The van der Waals surface area contributed by atoms with Gasteiger partial charge in [-0.15, -0.1) is 0 Å². The maximum Gasteiger partial charge on any atom is 0.338 e. The summed E-state index contributed by atoms with van der Waals surface area (Å²) >= 11 is 0. The molecule has 1 aromatic carbocycles. The maximum absolute atomic E-state index is 12.5. The van der Waals surface area contributed by atoms with Crippen molar-refractivity contribution in [1.29, 1.82) is 0 Å². The van der Waals surface area contributed by atoms with E-state index in [9.17, 15) is 14.7 Å². The molecule has 0 radical (unpaired) electrons. The molecule has 7 heteroatoms. The van der Waals surface area contributed by atoms with E-state index in [0.717, 1.165) is 5.56 Å². The van der Waals surface area contributed by atoms with Crippen LogP contribution in [0.1, 0.15) is 32.4 Å². The first-order valence-corrected chi connectivity index (χ1v) is 8.33. The van der Waals surface area contributed by atoms with Crippen LogP contribution >= 0.6 is 0 Å². The van der Waals surface area contributed by atoms with Crippen LogP contribution in [0.15, 0.2) is 35.5 Å². The third-order valence-corrected chi connectivity index (χ3v) is 3.94. The molecule has 1 atom stereocenters. The van der Waals surface area contributed by atoms with E-state index < -0.39 is 12.0 Å². The molecule has 0 bridgehead atoms. The molecule has 1 aromatic rings. The van der Waals surface area contributed by atoms with Crippen LogP contribution in [0.25, 0.3) is 0 Å². The molecule has 1 aliphatic rings. The Morgan fingerprint density at radius 1 is 1.24 bits per heavy atom. The van der Waals surface area contributed by atoms with Crippen molar-refractivity contribution in [3.8, 4) is 5.75 Å². The summed E-state index contributed by atoms with van der Waals surface area (Å²) in [5.74, 6) is 0.232. The second kappa shape index (κ2) is 8.53. The highest BCUT2D eigenvalue weighted by atomic mass is 16.5. The quantitative estimate of drug-likeness (QED) is 0.736. The molecule has 2 N–H and O–H groups in total. The lowest BCUT2D eigenvalue weighted by Gasteiger charge is -2.35. The van der Waals surface area contributed by atoms with Gasteiger partial charge in [0.15, 0.2) is 0 Å². The fraction of sp³-hybridized carbons (Fsp3) is 0.444. The molecule has 0 fully saturated rings. The molecule has 0 spiro atoms. The number of β-amino-alcohol motifs (C(OH)–C–C–N with tert-alkyl or cyclic N) is 1. The van der Waals surface area contributed by atoms with Crippen LogP contribution in [-0.2, 0) is 9.53 Å². The molecule has 2 amide bonds. The Bertz CT molecular complexity index is 654. The van der Waals surface area contributed by atoms with Gasteiger partial charge in [0.25, 0.3) is 0 Å². The van der Waals surface area contributed by atoms with Gasteiger partial charge in [0, 0.05) is 5.70 Å². The van der Waals surface area contributed by atoms with Gasteiger partial charge < -0.3 is 19.9 Å². The van der Waals surface area contributed by atoms with Gasteiger partial charge in [0.2, 0.25) is 0 Å². The summed E-state index contributed by atoms with van der Waals surface area (Å²) in [6.07, 6.45) is 0. The van der Waals surface area contributed by atoms with Crippen LogP contribution in [0.2, 0.25) is 0 Å². The van der Waals surface area contributed by atoms with Gasteiger partial charge in [0.1, 0.15) is 5.75 Å². The summed E-state index contributed by atoms with van der Waals surface area (Å²) in [6.45, 7) is 6.01. The lowest BCUT2D eigenvalue weighted by molar-refractivity contribution is -0.139. The van der Waals surface area contributed by atoms with Crippen molar-refractivity contribution in [2.75, 3.05) is 26.4 Å². The molecule has 0 saturated carbocycles. The van der Waals surface area contributed by atoms with Crippen molar-refractivity contribution < 1.29 is 24.2 Å². The molecule has 1 aliphatic heterocycles. The number of carbonyl (C=O) groups excluding carboxylic acids is 2. The Hall–Kier alpha value is -2.54. The summed E-state index contributed by atoms with van der Waals surface area (Å²) in [6, 6.07) is 6.23. The molecule has 0 aromatic heterocycles. The largest absolute Gasteiger partial charge is 0.494 e. The number of amides is 2. The Kier molecular flexibility index (Phi) is 6.41. The number of allylic oxidation sites excluding steroid dienone is 1. The van der Waals surface area contributed by atoms with E-state index in [1.165, 1.54) is 4.90 Å². The number of nitrogens with one attached hydrogen (secondary N) is 1. The number of urea groups is 1. The zero-order valence-corrected chi connectivity index (χ0v) is 14.7. The fourth-order valence-corrected chi connectivity index (χ4v) is 2.80. The van der Waals surface area contributed by atoms with Gasteiger partial charge in [-0.3, -0.25) is 4.90 Å². The molecule has 1 heterocycles. The lowest BCUT2D eigenvalue weighted by atomic mass is 9.95. The Labute approximate surface area is 147 Å². The fourth-order valence-electron chi connectivity index (χ4n) is 2.80. The number of aliphatic hydroxyl groups excluding tert-OH is 1. The highest BCUT2D eigenvalue weighted by Gasteiger charge is 2.36. The third kappa shape index (κ3) is 4.11. The number of nitrogens with zero attached hydrogens (tertiary/aromatic N) is 1. The molecule has 7 nitrogen and oxygen atoms in total. The van der Waals surface area contributed by atoms with Gasteiger partial charge in [0.05, 0.1) is 38.0 Å². The Morgan fingerprint density at radius 3 is 2.48 bits per heavy atom. The van der Waals surface area contributed by atoms with Gasteiger partial charge in [-0.1, -0.05) is 12.1 Å². The van der Waals surface area contributed by atoms with Crippen LogP contribution in [0.3, 0.4) is 0 Å². The van der Waals surface area contributed by atoms with Crippen LogP contribution < -0.4 is 10.1 Å². The summed E-state index contributed by atoms with van der Waals surface area (Å²) in [7, 11) is 0. The van der Waals surface area contributed by atoms with Crippen LogP contribution in [-0.4, -0.2) is 48.4 Å². The van der Waals surface area contributed by atoms with E-state index in [1.54, 1.807) is 26.0 Å². The summed E-state index contributed by atoms with van der Waals surface area (Å²) in [5.41, 5.74) is 1.59. The summed E-state index contributed by atoms with van der Waals surface area (Å²) in [4.78, 5) is 26.2. The zero-order chi connectivity index (χ0) is 18.4. The number of esters is 1. The van der Waals surface area contributed by atoms with E-state index in [2.05, 4.69) is 5.32 Å². The maximum atomic E-state index is 12.5. The zero-order valence-electron chi connectivity index (χ0n) is 14.7. The highest BCUT2D eigenvalue weighted by Crippen LogP contribution is 2.32. The van der Waals surface area contributed by atoms with Crippen molar-refractivity contribution in [3.63, 3.8) is 0 Å². The first kappa shape index (κ1) is 18.8. The lowest BCUT2D eigenvalue weighted by Crippen LogP contribution is -2.48. The van der Waals surface area contributed by atoms with Crippen molar-refractivity contribution in [2.45, 2.75) is 26.8 Å². The van der Waals surface area contributed by atoms with E-state index in [0.29, 0.717) is 23.6 Å². The molecule has 2 rings (SSSR count). The van der Waals surface area contributed by atoms with E-state index >= 15 is 0 Å². The predicted octanol–water partition coefficient (Wildman–Crippen LogP) is 1.98. The molecule has 0 unspecified atom stereocenters. The normalized spacial score (nSPS) is 17.4. The summed E-state index contributed by atoms with van der Waals surface area (Å²) in [5, 5.41) is 12.0. The monoisotopic (exact) mass is 348 g/mol. The minimum Gasteiger partial charge on any atom is -0.494 e. The first-order valence-electron chi connectivity index (χ1n) is 8.33. The van der Waals surface area contributed by atoms with Crippen molar-refractivity contribution >= 4 is 12.0 Å². The number of carbonyl (C=O) groups is 2. The average Bonchev–Trinajstić information content (AvgIpc) is 2.59. The van der Waals surface area contributed by atoms with Crippen molar-refractivity contribution in [2.24, 2.45) is 0 Å². The topological polar surface area (TPSA) is 88.1 Å². The smallest absolute Gasteiger partial charge is 0.338 e. The van der Waals surface area contributed by atoms with Crippen molar-refractivity contribution in [1.82, 2.24) is 10.2 Å². The minimum absolute atomic E-state index is 0.108. The molecular weight excluding hydrogens is 324 g/mol. The molecule has 0 aliphatic carbocycles. The SMILES string of the molecule is CCOC(=O)C1=C(C)N(CCO)C(=O)N[C@H]1c1ccc(OCC)cc1. The van der Waals surface area contributed by atoms with Gasteiger partial charge in [-0.2, -0.15) is 0 Å². The van der Waals surface area contributed by atoms with Gasteiger partial charge in [-0.05, 0) is 38.5 Å². The molecule has 136 valence electrons. The van der Waals surface area contributed by atoms with Gasteiger partial charge >= 0.3 is 12.0 Å².